The second-order valence-corrected chi connectivity index (χ2v) is 9.27. The summed E-state index contributed by atoms with van der Waals surface area (Å²) in [5, 5.41) is 1.64. The molecule has 2 aromatic carbocycles. The van der Waals surface area contributed by atoms with Crippen molar-refractivity contribution in [1.29, 1.82) is 0 Å². The molecule has 0 aliphatic rings. The Balaban J connectivity index is 2.08. The van der Waals surface area contributed by atoms with E-state index in [4.69, 9.17) is 15.2 Å². The molecule has 32 heavy (non-hydrogen) atoms. The van der Waals surface area contributed by atoms with Crippen LogP contribution >= 0.6 is 0 Å². The van der Waals surface area contributed by atoms with Crippen LogP contribution in [0.5, 0.6) is 11.5 Å². The van der Waals surface area contributed by atoms with Crippen molar-refractivity contribution >= 4 is 22.7 Å². The Bertz CT molecular complexity index is 1110. The summed E-state index contributed by atoms with van der Waals surface area (Å²) in [6, 6.07) is 6.72. The summed E-state index contributed by atoms with van der Waals surface area (Å²) < 4.78 is 11.5. The van der Waals surface area contributed by atoms with Gasteiger partial charge < -0.3 is 20.2 Å². The van der Waals surface area contributed by atoms with Gasteiger partial charge in [-0.2, -0.15) is 0 Å². The number of imidazole rings is 1. The number of benzene rings is 2. The number of esters is 2. The number of hydrogen-bond donors (Lipinski definition) is 2. The summed E-state index contributed by atoms with van der Waals surface area (Å²) in [5.74, 6) is -0.560. The van der Waals surface area contributed by atoms with E-state index in [9.17, 15) is 9.59 Å². The number of nitrogens with one attached hydrogen (secondary N) is 1. The summed E-state index contributed by atoms with van der Waals surface area (Å²) in [5.41, 5.74) is 8.78. The highest BCUT2D eigenvalue weighted by Gasteiger charge is 2.26. The molecule has 1 aromatic heterocycles. The number of aromatic nitrogens is 2. The number of fused-ring (bicyclic) bond motifs is 1. The molecule has 1 unspecified atom stereocenters. The van der Waals surface area contributed by atoms with Crippen LogP contribution in [0.1, 0.15) is 50.9 Å². The zero-order chi connectivity index (χ0) is 23.5. The topological polar surface area (TPSA) is 107 Å². The average molecular weight is 438 g/mol. The maximum atomic E-state index is 12.9. The molecule has 7 heteroatoms. The lowest BCUT2D eigenvalue weighted by Crippen LogP contribution is -2.36. The fraction of sp³-hybridized carbons (Fsp3) is 0.400. The lowest BCUT2D eigenvalue weighted by atomic mass is 9.86. The van der Waals surface area contributed by atoms with E-state index in [1.807, 2.05) is 31.2 Å². The smallest absolute Gasteiger partial charge is 0.328 e. The number of aromatic amines is 1. The first-order chi connectivity index (χ1) is 15.1. The molecule has 0 bridgehead atoms. The Morgan fingerprint density at radius 2 is 1.81 bits per heavy atom. The predicted octanol–water partition coefficient (Wildman–Crippen LogP) is 4.25. The fourth-order valence-corrected chi connectivity index (χ4v) is 3.65. The van der Waals surface area contributed by atoms with Crippen molar-refractivity contribution < 1.29 is 19.1 Å². The maximum absolute atomic E-state index is 12.9. The highest BCUT2D eigenvalue weighted by molar-refractivity contribution is 5.97. The fourth-order valence-electron chi connectivity index (χ4n) is 3.65. The van der Waals surface area contributed by atoms with E-state index in [1.165, 1.54) is 13.3 Å². The molecular weight excluding hydrogens is 406 g/mol. The van der Waals surface area contributed by atoms with Crippen LogP contribution in [0.25, 0.3) is 10.8 Å². The summed E-state index contributed by atoms with van der Waals surface area (Å²) in [4.78, 5) is 31.8. The molecule has 0 saturated heterocycles. The van der Waals surface area contributed by atoms with Crippen molar-refractivity contribution in [1.82, 2.24) is 9.97 Å². The first-order valence-electron chi connectivity index (χ1n) is 10.7. The Hall–Kier alpha value is -3.19. The van der Waals surface area contributed by atoms with Gasteiger partial charge in [-0.25, -0.2) is 9.78 Å². The van der Waals surface area contributed by atoms with E-state index in [1.54, 1.807) is 6.20 Å². The van der Waals surface area contributed by atoms with E-state index in [2.05, 4.69) is 30.7 Å². The number of ether oxygens (including phenoxy) is 2. The second-order valence-electron chi connectivity index (χ2n) is 9.27. The highest BCUT2D eigenvalue weighted by atomic mass is 16.6. The van der Waals surface area contributed by atoms with Crippen LogP contribution in [0.2, 0.25) is 0 Å². The minimum absolute atomic E-state index is 0.0782. The van der Waals surface area contributed by atoms with Crippen molar-refractivity contribution in [3.8, 4) is 11.5 Å². The number of H-pyrrole nitrogens is 1. The number of nitrogens with two attached hydrogens (primary N) is 1. The number of rotatable bonds is 7. The van der Waals surface area contributed by atoms with Gasteiger partial charge in [0.15, 0.2) is 11.5 Å². The van der Waals surface area contributed by atoms with Gasteiger partial charge in [0, 0.05) is 36.2 Å². The standard InChI is InChI=1S/C25H31N3O4/c1-15-18-8-6-7-9-20(18)23(32-24(30)21(26)12-17-13-27-14-28-17)22(31-16(2)29)19(15)10-11-25(3,4)5/h6-9,13-14,21H,10-12,26H2,1-5H3,(H,27,28). The van der Waals surface area contributed by atoms with Gasteiger partial charge in [0.05, 0.1) is 6.33 Å². The number of aryl methyl sites for hydroxylation is 1. The van der Waals surface area contributed by atoms with Gasteiger partial charge in [0.1, 0.15) is 6.04 Å². The van der Waals surface area contributed by atoms with Gasteiger partial charge in [-0.15, -0.1) is 0 Å². The molecule has 1 atom stereocenters. The number of nitrogens with zero attached hydrogens (tertiary/aromatic N) is 1. The lowest BCUT2D eigenvalue weighted by Gasteiger charge is -2.23. The minimum Gasteiger partial charge on any atom is -0.422 e. The molecule has 0 amide bonds. The van der Waals surface area contributed by atoms with Crippen LogP contribution in [0.15, 0.2) is 36.8 Å². The Morgan fingerprint density at radius 1 is 1.12 bits per heavy atom. The molecule has 7 nitrogen and oxygen atoms in total. The largest absolute Gasteiger partial charge is 0.422 e. The van der Waals surface area contributed by atoms with Gasteiger partial charge in [-0.1, -0.05) is 45.0 Å². The molecule has 0 spiro atoms. The number of carbonyl (C=O) groups excluding carboxylic acids is 2. The van der Waals surface area contributed by atoms with Gasteiger partial charge in [0.2, 0.25) is 0 Å². The van der Waals surface area contributed by atoms with Crippen molar-refractivity contribution in [2.45, 2.75) is 59.9 Å². The third kappa shape index (κ3) is 5.53. The third-order valence-electron chi connectivity index (χ3n) is 5.38. The zero-order valence-corrected chi connectivity index (χ0v) is 19.3. The predicted molar refractivity (Wildman–Crippen MR) is 124 cm³/mol. The van der Waals surface area contributed by atoms with Gasteiger partial charge in [0.25, 0.3) is 0 Å². The van der Waals surface area contributed by atoms with Crippen LogP contribution < -0.4 is 15.2 Å². The van der Waals surface area contributed by atoms with Crippen LogP contribution in [0, 0.1) is 12.3 Å². The quantitative estimate of drug-likeness (QED) is 0.423. The number of carbonyl (C=O) groups is 2. The number of hydrogen-bond acceptors (Lipinski definition) is 6. The molecular formula is C25H31N3O4. The molecule has 0 aliphatic heterocycles. The molecule has 170 valence electrons. The lowest BCUT2D eigenvalue weighted by molar-refractivity contribution is -0.137. The molecule has 1 heterocycles. The van der Waals surface area contributed by atoms with Gasteiger partial charge in [-0.3, -0.25) is 4.79 Å². The molecule has 0 radical (unpaired) electrons. The van der Waals surface area contributed by atoms with E-state index in [-0.39, 0.29) is 17.6 Å². The maximum Gasteiger partial charge on any atom is 0.328 e. The minimum atomic E-state index is -0.904. The van der Waals surface area contributed by atoms with Crippen molar-refractivity contribution in [3.05, 3.63) is 53.6 Å². The van der Waals surface area contributed by atoms with Gasteiger partial charge >= 0.3 is 11.9 Å². The molecule has 0 aliphatic carbocycles. The monoisotopic (exact) mass is 437 g/mol. The Kier molecular flexibility index (Phi) is 6.99. The SMILES string of the molecule is CC(=O)Oc1c(CCC(C)(C)C)c(C)c2ccccc2c1OC(=O)C(N)Cc1cnc[nH]1. The molecule has 3 aromatic rings. The molecule has 3 rings (SSSR count). The summed E-state index contributed by atoms with van der Waals surface area (Å²) in [6.07, 6.45) is 4.94. The van der Waals surface area contributed by atoms with E-state index in [0.717, 1.165) is 28.6 Å². The van der Waals surface area contributed by atoms with Crippen LogP contribution in [0.3, 0.4) is 0 Å². The summed E-state index contributed by atoms with van der Waals surface area (Å²) in [6.45, 7) is 9.81. The van der Waals surface area contributed by atoms with E-state index < -0.39 is 18.0 Å². The average Bonchev–Trinajstić information content (AvgIpc) is 3.22. The van der Waals surface area contributed by atoms with Gasteiger partial charge in [-0.05, 0) is 36.1 Å². The highest BCUT2D eigenvalue weighted by Crippen LogP contribution is 2.43. The van der Waals surface area contributed by atoms with Crippen molar-refractivity contribution in [2.24, 2.45) is 11.1 Å². The normalized spacial score (nSPS) is 12.6. The van der Waals surface area contributed by atoms with Crippen molar-refractivity contribution in [2.75, 3.05) is 0 Å². The second kappa shape index (κ2) is 9.53. The molecule has 0 fully saturated rings. The Labute approximate surface area is 188 Å². The first-order valence-corrected chi connectivity index (χ1v) is 10.7. The zero-order valence-electron chi connectivity index (χ0n) is 19.3. The van der Waals surface area contributed by atoms with Crippen LogP contribution in [-0.4, -0.2) is 27.9 Å². The summed E-state index contributed by atoms with van der Waals surface area (Å²) >= 11 is 0. The molecule has 0 saturated carbocycles. The van der Waals surface area contributed by atoms with E-state index >= 15 is 0 Å². The first kappa shape index (κ1) is 23.5. The summed E-state index contributed by atoms with van der Waals surface area (Å²) in [7, 11) is 0. The van der Waals surface area contributed by atoms with Crippen LogP contribution in [0.4, 0.5) is 0 Å². The Morgan fingerprint density at radius 3 is 2.41 bits per heavy atom. The van der Waals surface area contributed by atoms with Crippen molar-refractivity contribution in [3.63, 3.8) is 0 Å². The van der Waals surface area contributed by atoms with Crippen LogP contribution in [-0.2, 0) is 22.4 Å². The van der Waals surface area contributed by atoms with E-state index in [0.29, 0.717) is 17.6 Å². The molecule has 3 N–H and O–H groups in total. The third-order valence-corrected chi connectivity index (χ3v) is 5.38.